The lowest BCUT2D eigenvalue weighted by molar-refractivity contribution is -0.154. The van der Waals surface area contributed by atoms with Crippen molar-refractivity contribution in [3.8, 4) is 0 Å². The summed E-state index contributed by atoms with van der Waals surface area (Å²) in [5.41, 5.74) is 0.810. The molecule has 132 valence electrons. The third-order valence-electron chi connectivity index (χ3n) is 4.61. The summed E-state index contributed by atoms with van der Waals surface area (Å²) in [7, 11) is 0. The molecular formula is C17H25N3O3S. The zero-order valence-corrected chi connectivity index (χ0v) is 15.0. The fourth-order valence-electron chi connectivity index (χ4n) is 3.28. The zero-order chi connectivity index (χ0) is 16.9. The van der Waals surface area contributed by atoms with Crippen molar-refractivity contribution in [2.24, 2.45) is 0 Å². The second-order valence-corrected chi connectivity index (χ2v) is 7.54. The average Bonchev–Trinajstić information content (AvgIpc) is 2.84. The van der Waals surface area contributed by atoms with Crippen molar-refractivity contribution in [3.05, 3.63) is 16.1 Å². The van der Waals surface area contributed by atoms with E-state index in [4.69, 9.17) is 4.74 Å². The molecule has 0 aliphatic carbocycles. The molecule has 2 fully saturated rings. The minimum Gasteiger partial charge on any atom is -0.365 e. The molecule has 6 nitrogen and oxygen atoms in total. The maximum absolute atomic E-state index is 12.7. The summed E-state index contributed by atoms with van der Waals surface area (Å²) < 4.78 is 5.67. The molecule has 0 aromatic carbocycles. The van der Waals surface area contributed by atoms with Gasteiger partial charge in [-0.1, -0.05) is 12.8 Å². The number of carbonyl (C=O) groups is 2. The molecular weight excluding hydrogens is 326 g/mol. The van der Waals surface area contributed by atoms with Crippen molar-refractivity contribution in [1.29, 1.82) is 0 Å². The number of ether oxygens (including phenoxy) is 1. The van der Waals surface area contributed by atoms with Crippen LogP contribution in [-0.2, 0) is 20.7 Å². The van der Waals surface area contributed by atoms with E-state index in [1.54, 1.807) is 16.2 Å². The smallest absolute Gasteiger partial charge is 0.253 e. The van der Waals surface area contributed by atoms with Crippen molar-refractivity contribution in [2.75, 3.05) is 32.8 Å². The van der Waals surface area contributed by atoms with Gasteiger partial charge in [0.05, 0.1) is 30.3 Å². The topological polar surface area (TPSA) is 62.7 Å². The molecule has 0 N–H and O–H groups in total. The molecule has 0 saturated carbocycles. The Morgan fingerprint density at radius 1 is 1.21 bits per heavy atom. The summed E-state index contributed by atoms with van der Waals surface area (Å²) in [6.07, 6.45) is 4.28. The molecule has 1 aromatic rings. The van der Waals surface area contributed by atoms with E-state index in [0.29, 0.717) is 26.1 Å². The number of nitrogens with zero attached hydrogens (tertiary/aromatic N) is 3. The van der Waals surface area contributed by atoms with Gasteiger partial charge in [-0.3, -0.25) is 9.59 Å². The second kappa shape index (κ2) is 8.07. The summed E-state index contributed by atoms with van der Waals surface area (Å²) in [5.74, 6) is 0.0659. The van der Waals surface area contributed by atoms with Gasteiger partial charge in [0.2, 0.25) is 5.91 Å². The molecule has 0 bridgehead atoms. The Bertz CT molecular complexity index is 581. The number of hydrogen-bond donors (Lipinski definition) is 0. The Kier molecular flexibility index (Phi) is 5.84. The Balaban J connectivity index is 1.56. The Hall–Kier alpha value is -1.47. The summed E-state index contributed by atoms with van der Waals surface area (Å²) in [4.78, 5) is 33.2. The first-order chi connectivity index (χ1) is 11.6. The number of amides is 2. The summed E-state index contributed by atoms with van der Waals surface area (Å²) >= 11 is 1.55. The fraction of sp³-hybridized carbons (Fsp3) is 0.706. The molecule has 2 amide bonds. The zero-order valence-electron chi connectivity index (χ0n) is 14.2. The molecule has 3 heterocycles. The number of likely N-dealkylation sites (tertiary alicyclic amines) is 1. The molecule has 0 unspecified atom stereocenters. The maximum Gasteiger partial charge on any atom is 0.253 e. The van der Waals surface area contributed by atoms with Gasteiger partial charge in [0.25, 0.3) is 5.91 Å². The van der Waals surface area contributed by atoms with Gasteiger partial charge in [0.1, 0.15) is 0 Å². The molecule has 3 rings (SSSR count). The molecule has 2 aliphatic heterocycles. The van der Waals surface area contributed by atoms with E-state index in [2.05, 4.69) is 4.98 Å². The first-order valence-electron chi connectivity index (χ1n) is 8.72. The van der Waals surface area contributed by atoms with Gasteiger partial charge in [0.15, 0.2) is 6.10 Å². The second-order valence-electron chi connectivity index (χ2n) is 6.47. The first-order valence-corrected chi connectivity index (χ1v) is 9.60. The Morgan fingerprint density at radius 2 is 1.96 bits per heavy atom. The first kappa shape index (κ1) is 17.4. The highest BCUT2D eigenvalue weighted by Gasteiger charge is 2.32. The van der Waals surface area contributed by atoms with E-state index in [1.807, 2.05) is 17.2 Å². The number of morpholine rings is 1. The van der Waals surface area contributed by atoms with E-state index in [0.717, 1.165) is 36.6 Å². The van der Waals surface area contributed by atoms with Crippen LogP contribution in [0.2, 0.25) is 0 Å². The van der Waals surface area contributed by atoms with Gasteiger partial charge in [-0.15, -0.1) is 11.3 Å². The quantitative estimate of drug-likeness (QED) is 0.830. The maximum atomic E-state index is 12.7. The average molecular weight is 351 g/mol. The van der Waals surface area contributed by atoms with E-state index in [1.165, 1.54) is 12.8 Å². The lowest BCUT2D eigenvalue weighted by Gasteiger charge is -2.34. The van der Waals surface area contributed by atoms with Crippen LogP contribution in [0.15, 0.2) is 5.38 Å². The van der Waals surface area contributed by atoms with Crippen LogP contribution in [-0.4, -0.2) is 65.5 Å². The molecule has 1 aromatic heterocycles. The van der Waals surface area contributed by atoms with Crippen LogP contribution in [0.25, 0.3) is 0 Å². The van der Waals surface area contributed by atoms with Crippen molar-refractivity contribution < 1.29 is 14.3 Å². The molecule has 24 heavy (non-hydrogen) atoms. The van der Waals surface area contributed by atoms with Crippen LogP contribution in [0, 0.1) is 6.92 Å². The standard InChI is InChI=1S/C17H25N3O3S/c1-13-18-14(12-24-13)10-16(21)20-8-9-23-15(11-20)17(22)19-6-4-2-3-5-7-19/h12,15H,2-11H2,1H3/t15-/m0/s1. The monoisotopic (exact) mass is 351 g/mol. The fourth-order valence-corrected chi connectivity index (χ4v) is 3.89. The van der Waals surface area contributed by atoms with Crippen LogP contribution in [0.5, 0.6) is 0 Å². The minimum atomic E-state index is -0.516. The molecule has 7 heteroatoms. The summed E-state index contributed by atoms with van der Waals surface area (Å²) in [6, 6.07) is 0. The van der Waals surface area contributed by atoms with Crippen molar-refractivity contribution in [1.82, 2.24) is 14.8 Å². The summed E-state index contributed by atoms with van der Waals surface area (Å²) in [5, 5.41) is 2.89. The third kappa shape index (κ3) is 4.33. The lowest BCUT2D eigenvalue weighted by Crippen LogP contribution is -2.53. The van der Waals surface area contributed by atoms with E-state index < -0.39 is 6.10 Å². The van der Waals surface area contributed by atoms with Gasteiger partial charge < -0.3 is 14.5 Å². The normalized spacial score (nSPS) is 22.3. The highest BCUT2D eigenvalue weighted by atomic mass is 32.1. The minimum absolute atomic E-state index is 0.0252. The number of aryl methyl sites for hydroxylation is 1. The van der Waals surface area contributed by atoms with Gasteiger partial charge in [0, 0.05) is 25.0 Å². The lowest BCUT2D eigenvalue weighted by atomic mass is 10.2. The Labute approximate surface area is 146 Å². The SMILES string of the molecule is Cc1nc(CC(=O)N2CCO[C@H](C(=O)N3CCCCCC3)C2)cs1. The van der Waals surface area contributed by atoms with Crippen LogP contribution in [0.1, 0.15) is 36.4 Å². The number of carbonyl (C=O) groups excluding carboxylic acids is 2. The molecule has 2 saturated heterocycles. The number of rotatable bonds is 3. The Morgan fingerprint density at radius 3 is 2.62 bits per heavy atom. The van der Waals surface area contributed by atoms with E-state index in [9.17, 15) is 9.59 Å². The number of thiazole rings is 1. The van der Waals surface area contributed by atoms with E-state index in [-0.39, 0.29) is 11.8 Å². The molecule has 0 spiro atoms. The van der Waals surface area contributed by atoms with Gasteiger partial charge >= 0.3 is 0 Å². The largest absolute Gasteiger partial charge is 0.365 e. The predicted molar refractivity (Wildman–Crippen MR) is 91.9 cm³/mol. The van der Waals surface area contributed by atoms with Gasteiger partial charge in [-0.25, -0.2) is 4.98 Å². The van der Waals surface area contributed by atoms with Crippen LogP contribution in [0.4, 0.5) is 0 Å². The number of hydrogen-bond acceptors (Lipinski definition) is 5. The van der Waals surface area contributed by atoms with Crippen molar-refractivity contribution in [2.45, 2.75) is 45.1 Å². The van der Waals surface area contributed by atoms with E-state index >= 15 is 0 Å². The van der Waals surface area contributed by atoms with Crippen molar-refractivity contribution >= 4 is 23.2 Å². The molecule has 2 aliphatic rings. The number of aromatic nitrogens is 1. The van der Waals surface area contributed by atoms with Crippen molar-refractivity contribution in [3.63, 3.8) is 0 Å². The predicted octanol–water partition coefficient (Wildman–Crippen LogP) is 1.62. The molecule has 0 radical (unpaired) electrons. The van der Waals surface area contributed by atoms with Gasteiger partial charge in [-0.05, 0) is 19.8 Å². The third-order valence-corrected chi connectivity index (χ3v) is 5.43. The van der Waals surface area contributed by atoms with Crippen LogP contribution < -0.4 is 0 Å². The van der Waals surface area contributed by atoms with Crippen LogP contribution in [0.3, 0.4) is 0 Å². The van der Waals surface area contributed by atoms with Gasteiger partial charge in [-0.2, -0.15) is 0 Å². The summed E-state index contributed by atoms with van der Waals surface area (Å²) in [6.45, 7) is 4.88. The molecule has 1 atom stereocenters. The highest BCUT2D eigenvalue weighted by Crippen LogP contribution is 2.16. The van der Waals surface area contributed by atoms with Crippen LogP contribution >= 0.6 is 11.3 Å². The highest BCUT2D eigenvalue weighted by molar-refractivity contribution is 7.09.